The average Bonchev–Trinajstić information content (AvgIpc) is 3.27. The van der Waals surface area contributed by atoms with Crippen molar-refractivity contribution < 1.29 is 13.2 Å². The molecule has 4 nitrogen and oxygen atoms in total. The fraction of sp³-hybridized carbons (Fsp3) is 0.722. The number of hydrogen-bond acceptors (Lipinski definition) is 3. The van der Waals surface area contributed by atoms with Gasteiger partial charge in [-0.2, -0.15) is 13.2 Å². The second-order valence-electron chi connectivity index (χ2n) is 6.49. The zero-order valence-corrected chi connectivity index (χ0v) is 18.9. The summed E-state index contributed by atoms with van der Waals surface area (Å²) in [4.78, 5) is 8.49. The molecule has 27 heavy (non-hydrogen) atoms. The monoisotopic (exact) mass is 518 g/mol. The summed E-state index contributed by atoms with van der Waals surface area (Å²) < 4.78 is 36.6. The first-order valence-electron chi connectivity index (χ1n) is 9.36. The van der Waals surface area contributed by atoms with Crippen LogP contribution in [0.5, 0.6) is 0 Å². The van der Waals surface area contributed by atoms with E-state index in [1.54, 1.807) is 11.3 Å². The van der Waals surface area contributed by atoms with Gasteiger partial charge in [0.15, 0.2) is 5.96 Å². The zero-order valence-electron chi connectivity index (χ0n) is 15.7. The van der Waals surface area contributed by atoms with E-state index in [4.69, 9.17) is 4.99 Å². The van der Waals surface area contributed by atoms with Crippen LogP contribution in [0.4, 0.5) is 13.2 Å². The Balaban J connectivity index is 0.00000364. The molecule has 0 saturated carbocycles. The van der Waals surface area contributed by atoms with Crippen LogP contribution in [0, 0.1) is 0 Å². The van der Waals surface area contributed by atoms with Crippen LogP contribution >= 0.6 is 35.3 Å². The molecule has 0 spiro atoms. The Kier molecular flexibility index (Phi) is 11.6. The summed E-state index contributed by atoms with van der Waals surface area (Å²) in [7, 11) is 0. The molecule has 1 atom stereocenters. The lowest BCUT2D eigenvalue weighted by Gasteiger charge is -2.25. The zero-order chi connectivity index (χ0) is 18.8. The minimum absolute atomic E-state index is 0. The Labute approximate surface area is 181 Å². The predicted octanol–water partition coefficient (Wildman–Crippen LogP) is 4.79. The maximum Gasteiger partial charge on any atom is 0.389 e. The number of unbranched alkanes of at least 4 members (excludes halogenated alkanes) is 1. The number of rotatable bonds is 9. The molecule has 1 unspecified atom stereocenters. The van der Waals surface area contributed by atoms with Crippen molar-refractivity contribution in [2.45, 2.75) is 51.2 Å². The van der Waals surface area contributed by atoms with Gasteiger partial charge in [0.25, 0.3) is 0 Å². The van der Waals surface area contributed by atoms with E-state index in [1.165, 1.54) is 17.7 Å². The van der Waals surface area contributed by atoms with E-state index < -0.39 is 12.6 Å². The summed E-state index contributed by atoms with van der Waals surface area (Å²) in [6.07, 6.45) is -1.72. The Hall–Kier alpha value is -0.550. The summed E-state index contributed by atoms with van der Waals surface area (Å²) in [6.45, 7) is 6.05. The van der Waals surface area contributed by atoms with Crippen LogP contribution in [-0.4, -0.2) is 49.8 Å². The molecule has 0 aromatic carbocycles. The molecule has 1 fully saturated rings. The second kappa shape index (κ2) is 12.8. The van der Waals surface area contributed by atoms with Gasteiger partial charge in [0.1, 0.15) is 0 Å². The van der Waals surface area contributed by atoms with E-state index in [-0.39, 0.29) is 36.4 Å². The lowest BCUT2D eigenvalue weighted by molar-refractivity contribution is -0.135. The van der Waals surface area contributed by atoms with E-state index >= 15 is 0 Å². The minimum Gasteiger partial charge on any atom is -0.357 e. The largest absolute Gasteiger partial charge is 0.389 e. The lowest BCUT2D eigenvalue weighted by Crippen LogP contribution is -2.38. The Morgan fingerprint density at radius 1 is 1.26 bits per heavy atom. The standard InChI is InChI=1S/C18H29F3N4S.HI/c1-2-22-17(23-10-4-3-9-18(19,20)21)24-14-15(16-8-7-13-26-16)25-11-5-6-12-25;/h7-8,13,15H,2-6,9-12,14H2,1H3,(H2,22,23,24);1H. The molecular weight excluding hydrogens is 488 g/mol. The van der Waals surface area contributed by atoms with Crippen LogP contribution in [0.15, 0.2) is 22.5 Å². The van der Waals surface area contributed by atoms with Gasteiger partial charge in [-0.25, -0.2) is 0 Å². The highest BCUT2D eigenvalue weighted by Crippen LogP contribution is 2.28. The van der Waals surface area contributed by atoms with Crippen molar-refractivity contribution in [3.8, 4) is 0 Å². The fourth-order valence-corrected chi connectivity index (χ4v) is 3.95. The van der Waals surface area contributed by atoms with Gasteiger partial charge in [-0.3, -0.25) is 9.89 Å². The molecule has 1 saturated heterocycles. The molecular formula is C18H30F3IN4S. The van der Waals surface area contributed by atoms with Crippen molar-refractivity contribution in [3.63, 3.8) is 0 Å². The highest BCUT2D eigenvalue weighted by atomic mass is 127. The molecule has 0 bridgehead atoms. The number of nitrogens with zero attached hydrogens (tertiary/aromatic N) is 2. The quantitative estimate of drug-likeness (QED) is 0.214. The van der Waals surface area contributed by atoms with Gasteiger partial charge < -0.3 is 10.6 Å². The molecule has 1 aromatic rings. The van der Waals surface area contributed by atoms with Crippen molar-refractivity contribution in [2.75, 3.05) is 32.7 Å². The SMILES string of the molecule is CCNC(=NCC(c1cccs1)N1CCCC1)NCCCCC(F)(F)F.I. The van der Waals surface area contributed by atoms with Crippen molar-refractivity contribution >= 4 is 41.3 Å². The summed E-state index contributed by atoms with van der Waals surface area (Å²) >= 11 is 1.75. The maximum atomic E-state index is 12.2. The summed E-state index contributed by atoms with van der Waals surface area (Å²) in [5, 5.41) is 8.43. The van der Waals surface area contributed by atoms with Crippen LogP contribution in [-0.2, 0) is 0 Å². The molecule has 156 valence electrons. The normalized spacial score (nSPS) is 16.8. The molecule has 1 aromatic heterocycles. The number of hydrogen-bond donors (Lipinski definition) is 2. The molecule has 0 radical (unpaired) electrons. The minimum atomic E-state index is -4.07. The van der Waals surface area contributed by atoms with Gasteiger partial charge in [0.05, 0.1) is 12.6 Å². The average molecular weight is 518 g/mol. The van der Waals surface area contributed by atoms with E-state index in [0.717, 1.165) is 19.6 Å². The second-order valence-corrected chi connectivity index (χ2v) is 7.47. The number of guanidine groups is 1. The fourth-order valence-electron chi connectivity index (χ4n) is 3.10. The molecule has 9 heteroatoms. The summed E-state index contributed by atoms with van der Waals surface area (Å²) in [6, 6.07) is 4.50. The number of aliphatic imine (C=N–C) groups is 1. The van der Waals surface area contributed by atoms with Crippen molar-refractivity contribution in [2.24, 2.45) is 4.99 Å². The topological polar surface area (TPSA) is 39.7 Å². The highest BCUT2D eigenvalue weighted by molar-refractivity contribution is 14.0. The smallest absolute Gasteiger partial charge is 0.357 e. The van der Waals surface area contributed by atoms with E-state index in [9.17, 15) is 13.2 Å². The van der Waals surface area contributed by atoms with E-state index in [0.29, 0.717) is 25.5 Å². The third kappa shape index (κ3) is 9.47. The Morgan fingerprint density at radius 3 is 2.59 bits per heavy atom. The first-order valence-corrected chi connectivity index (χ1v) is 10.2. The third-order valence-electron chi connectivity index (χ3n) is 4.40. The van der Waals surface area contributed by atoms with Gasteiger partial charge in [-0.1, -0.05) is 6.07 Å². The first-order chi connectivity index (χ1) is 12.5. The van der Waals surface area contributed by atoms with Crippen molar-refractivity contribution in [3.05, 3.63) is 22.4 Å². The molecule has 0 aliphatic carbocycles. The van der Waals surface area contributed by atoms with E-state index in [1.807, 2.05) is 6.92 Å². The van der Waals surface area contributed by atoms with Crippen LogP contribution in [0.3, 0.4) is 0 Å². The molecule has 2 N–H and O–H groups in total. The summed E-state index contributed by atoms with van der Waals surface area (Å²) in [5.41, 5.74) is 0. The number of likely N-dealkylation sites (tertiary alicyclic amines) is 1. The summed E-state index contributed by atoms with van der Waals surface area (Å²) in [5.74, 6) is 0.681. The number of halogens is 4. The molecule has 2 rings (SSSR count). The van der Waals surface area contributed by atoms with Crippen molar-refractivity contribution in [1.82, 2.24) is 15.5 Å². The van der Waals surface area contributed by atoms with Gasteiger partial charge in [0, 0.05) is 24.4 Å². The van der Waals surface area contributed by atoms with Crippen LogP contribution in [0.1, 0.15) is 49.9 Å². The van der Waals surface area contributed by atoms with Crippen molar-refractivity contribution in [1.29, 1.82) is 0 Å². The molecule has 1 aliphatic rings. The highest BCUT2D eigenvalue weighted by Gasteiger charge is 2.26. The van der Waals surface area contributed by atoms with Gasteiger partial charge in [-0.05, 0) is 57.1 Å². The van der Waals surface area contributed by atoms with Crippen LogP contribution in [0.2, 0.25) is 0 Å². The Bertz CT molecular complexity index is 531. The first kappa shape index (κ1) is 24.5. The Morgan fingerprint density at radius 2 is 2.00 bits per heavy atom. The number of alkyl halides is 3. The van der Waals surface area contributed by atoms with Crippen LogP contribution in [0.25, 0.3) is 0 Å². The molecule has 1 aliphatic heterocycles. The number of thiophene rings is 1. The van der Waals surface area contributed by atoms with Gasteiger partial charge in [0.2, 0.25) is 0 Å². The van der Waals surface area contributed by atoms with Gasteiger partial charge in [-0.15, -0.1) is 35.3 Å². The molecule has 0 amide bonds. The van der Waals surface area contributed by atoms with Gasteiger partial charge >= 0.3 is 6.18 Å². The maximum absolute atomic E-state index is 12.2. The predicted molar refractivity (Wildman–Crippen MR) is 117 cm³/mol. The lowest BCUT2D eigenvalue weighted by atomic mass is 10.2. The van der Waals surface area contributed by atoms with Crippen LogP contribution < -0.4 is 10.6 Å². The van der Waals surface area contributed by atoms with E-state index in [2.05, 4.69) is 33.0 Å². The number of nitrogens with one attached hydrogen (secondary N) is 2. The third-order valence-corrected chi connectivity index (χ3v) is 5.37. The molecule has 2 heterocycles.